The number of benzene rings is 1. The maximum absolute atomic E-state index is 11.7. The zero-order valence-corrected chi connectivity index (χ0v) is 8.73. The van der Waals surface area contributed by atoms with Crippen LogP contribution in [0.4, 0.5) is 0 Å². The lowest BCUT2D eigenvalue weighted by Gasteiger charge is -2.03. The van der Waals surface area contributed by atoms with Gasteiger partial charge in [0.25, 0.3) is 11.5 Å². The van der Waals surface area contributed by atoms with E-state index >= 15 is 0 Å². The van der Waals surface area contributed by atoms with Gasteiger partial charge in [0.1, 0.15) is 6.54 Å². The number of nitriles is 1. The third-order valence-electron chi connectivity index (χ3n) is 2.24. The molecule has 0 saturated carbocycles. The SMILES string of the molecule is N#CCNC(=O)c1n[nH]c(=O)c2ccccc12. The second-order valence-corrected chi connectivity index (χ2v) is 3.29. The van der Waals surface area contributed by atoms with E-state index in [4.69, 9.17) is 5.26 Å². The van der Waals surface area contributed by atoms with E-state index in [2.05, 4.69) is 15.5 Å². The van der Waals surface area contributed by atoms with Gasteiger partial charge in [-0.15, -0.1) is 0 Å². The van der Waals surface area contributed by atoms with Crippen LogP contribution in [0.15, 0.2) is 29.1 Å². The molecule has 0 bridgehead atoms. The normalized spacial score (nSPS) is 9.82. The summed E-state index contributed by atoms with van der Waals surface area (Å²) in [6.07, 6.45) is 0. The standard InChI is InChI=1S/C11H8N4O2/c12-5-6-13-11(17)9-7-3-1-2-4-8(7)10(16)15-14-9/h1-4H,6H2,(H,13,17)(H,15,16). The molecule has 0 aliphatic rings. The Morgan fingerprint density at radius 1 is 1.41 bits per heavy atom. The summed E-state index contributed by atoms with van der Waals surface area (Å²) < 4.78 is 0. The first-order valence-electron chi connectivity index (χ1n) is 4.86. The maximum Gasteiger partial charge on any atom is 0.273 e. The Morgan fingerprint density at radius 2 is 2.12 bits per heavy atom. The number of nitrogens with zero attached hydrogens (tertiary/aromatic N) is 2. The van der Waals surface area contributed by atoms with Crippen molar-refractivity contribution in [3.63, 3.8) is 0 Å². The van der Waals surface area contributed by atoms with Gasteiger partial charge in [0, 0.05) is 5.39 Å². The number of aromatic amines is 1. The first-order valence-corrected chi connectivity index (χ1v) is 4.86. The van der Waals surface area contributed by atoms with Crippen LogP contribution in [0.3, 0.4) is 0 Å². The molecule has 0 fully saturated rings. The van der Waals surface area contributed by atoms with Crippen LogP contribution in [0.5, 0.6) is 0 Å². The number of fused-ring (bicyclic) bond motifs is 1. The lowest BCUT2D eigenvalue weighted by molar-refractivity contribution is 0.0954. The van der Waals surface area contributed by atoms with Gasteiger partial charge < -0.3 is 5.32 Å². The number of aromatic nitrogens is 2. The summed E-state index contributed by atoms with van der Waals surface area (Å²) in [7, 11) is 0. The molecule has 0 radical (unpaired) electrons. The molecule has 2 rings (SSSR count). The maximum atomic E-state index is 11.7. The van der Waals surface area contributed by atoms with Gasteiger partial charge in [-0.05, 0) is 6.07 Å². The van der Waals surface area contributed by atoms with Crippen molar-refractivity contribution in [2.75, 3.05) is 6.54 Å². The van der Waals surface area contributed by atoms with Gasteiger partial charge in [-0.2, -0.15) is 10.4 Å². The molecule has 2 aromatic rings. The summed E-state index contributed by atoms with van der Waals surface area (Å²) in [6, 6.07) is 8.46. The fraction of sp³-hybridized carbons (Fsp3) is 0.0909. The van der Waals surface area contributed by atoms with Crippen molar-refractivity contribution in [2.45, 2.75) is 0 Å². The van der Waals surface area contributed by atoms with Gasteiger partial charge in [0.15, 0.2) is 5.69 Å². The summed E-state index contributed by atoms with van der Waals surface area (Å²) in [5.41, 5.74) is -0.243. The molecule has 1 amide bonds. The first kappa shape index (κ1) is 10.8. The van der Waals surface area contributed by atoms with Crippen LogP contribution >= 0.6 is 0 Å². The molecule has 84 valence electrons. The van der Waals surface area contributed by atoms with Crippen LogP contribution in [0, 0.1) is 11.3 Å². The third kappa shape index (κ3) is 1.99. The van der Waals surface area contributed by atoms with E-state index in [9.17, 15) is 9.59 Å². The minimum atomic E-state index is -0.487. The van der Waals surface area contributed by atoms with Crippen molar-refractivity contribution >= 4 is 16.7 Å². The van der Waals surface area contributed by atoms with E-state index in [1.54, 1.807) is 30.3 Å². The van der Waals surface area contributed by atoms with Crippen molar-refractivity contribution in [1.82, 2.24) is 15.5 Å². The number of hydrogen-bond donors (Lipinski definition) is 2. The Kier molecular flexibility index (Phi) is 2.83. The minimum absolute atomic E-state index is 0.103. The zero-order valence-electron chi connectivity index (χ0n) is 8.73. The molecular formula is C11H8N4O2. The molecule has 0 aliphatic heterocycles. The van der Waals surface area contributed by atoms with Crippen LogP contribution in [0.1, 0.15) is 10.5 Å². The average Bonchev–Trinajstić information content (AvgIpc) is 2.37. The van der Waals surface area contributed by atoms with E-state index in [-0.39, 0.29) is 17.8 Å². The van der Waals surface area contributed by atoms with E-state index < -0.39 is 5.91 Å². The van der Waals surface area contributed by atoms with E-state index in [1.165, 1.54) is 0 Å². The van der Waals surface area contributed by atoms with Crippen molar-refractivity contribution in [3.05, 3.63) is 40.3 Å². The highest BCUT2D eigenvalue weighted by Gasteiger charge is 2.12. The Morgan fingerprint density at radius 3 is 2.82 bits per heavy atom. The molecule has 1 aromatic heterocycles. The fourth-order valence-electron chi connectivity index (χ4n) is 1.49. The highest BCUT2D eigenvalue weighted by molar-refractivity contribution is 6.04. The van der Waals surface area contributed by atoms with Crippen LogP contribution in [-0.2, 0) is 0 Å². The molecule has 0 saturated heterocycles. The van der Waals surface area contributed by atoms with Crippen molar-refractivity contribution in [2.24, 2.45) is 0 Å². The first-order chi connectivity index (χ1) is 8.24. The highest BCUT2D eigenvalue weighted by atomic mass is 16.2. The Hall–Kier alpha value is -2.68. The molecule has 0 atom stereocenters. The van der Waals surface area contributed by atoms with Crippen molar-refractivity contribution in [1.29, 1.82) is 5.26 Å². The highest BCUT2D eigenvalue weighted by Crippen LogP contribution is 2.11. The largest absolute Gasteiger partial charge is 0.338 e. The average molecular weight is 228 g/mol. The smallest absolute Gasteiger partial charge is 0.273 e. The number of carbonyl (C=O) groups excluding carboxylic acids is 1. The molecule has 6 heteroatoms. The number of amides is 1. The van der Waals surface area contributed by atoms with Crippen LogP contribution in [0.25, 0.3) is 10.8 Å². The predicted octanol–water partition coefficient (Wildman–Crippen LogP) is 0.176. The lowest BCUT2D eigenvalue weighted by atomic mass is 10.1. The summed E-state index contributed by atoms with van der Waals surface area (Å²) >= 11 is 0. The van der Waals surface area contributed by atoms with Crippen LogP contribution < -0.4 is 10.9 Å². The topological polar surface area (TPSA) is 98.6 Å². The fourth-order valence-corrected chi connectivity index (χ4v) is 1.49. The van der Waals surface area contributed by atoms with E-state index in [1.807, 2.05) is 0 Å². The van der Waals surface area contributed by atoms with Gasteiger partial charge in [0.2, 0.25) is 0 Å². The predicted molar refractivity (Wildman–Crippen MR) is 60.3 cm³/mol. The summed E-state index contributed by atoms with van der Waals surface area (Å²) in [5.74, 6) is -0.487. The number of carbonyl (C=O) groups is 1. The molecule has 0 spiro atoms. The number of H-pyrrole nitrogens is 1. The summed E-state index contributed by atoms with van der Waals surface area (Å²) in [4.78, 5) is 23.1. The summed E-state index contributed by atoms with van der Waals surface area (Å²) in [5, 5.41) is 17.6. The molecule has 2 N–H and O–H groups in total. The zero-order chi connectivity index (χ0) is 12.3. The molecule has 0 unspecified atom stereocenters. The second-order valence-electron chi connectivity index (χ2n) is 3.29. The van der Waals surface area contributed by atoms with Gasteiger partial charge in [0.05, 0.1) is 11.5 Å². The van der Waals surface area contributed by atoms with E-state index in [0.717, 1.165) is 0 Å². The number of hydrogen-bond acceptors (Lipinski definition) is 4. The Labute approximate surface area is 95.9 Å². The second kappa shape index (κ2) is 4.45. The minimum Gasteiger partial charge on any atom is -0.338 e. The van der Waals surface area contributed by atoms with Crippen LogP contribution in [-0.4, -0.2) is 22.6 Å². The Balaban J connectivity index is 2.56. The molecule has 0 aliphatic carbocycles. The summed E-state index contributed by atoms with van der Waals surface area (Å²) in [6.45, 7) is -0.103. The number of rotatable bonds is 2. The molecule has 1 heterocycles. The number of nitrogens with one attached hydrogen (secondary N) is 2. The molecule has 6 nitrogen and oxygen atoms in total. The van der Waals surface area contributed by atoms with Crippen molar-refractivity contribution in [3.8, 4) is 6.07 Å². The van der Waals surface area contributed by atoms with Gasteiger partial charge >= 0.3 is 0 Å². The lowest BCUT2D eigenvalue weighted by Crippen LogP contribution is -2.26. The third-order valence-corrected chi connectivity index (χ3v) is 2.24. The van der Waals surface area contributed by atoms with Crippen molar-refractivity contribution < 1.29 is 4.79 Å². The van der Waals surface area contributed by atoms with Crippen LogP contribution in [0.2, 0.25) is 0 Å². The van der Waals surface area contributed by atoms with Gasteiger partial charge in [-0.1, -0.05) is 18.2 Å². The van der Waals surface area contributed by atoms with Gasteiger partial charge in [-0.25, -0.2) is 5.10 Å². The monoisotopic (exact) mass is 228 g/mol. The molecule has 1 aromatic carbocycles. The molecular weight excluding hydrogens is 220 g/mol. The molecule has 17 heavy (non-hydrogen) atoms. The van der Waals surface area contributed by atoms with Gasteiger partial charge in [-0.3, -0.25) is 9.59 Å². The Bertz CT molecular complexity index is 669. The quantitative estimate of drug-likeness (QED) is 0.716. The van der Waals surface area contributed by atoms with E-state index in [0.29, 0.717) is 10.8 Å².